The van der Waals surface area contributed by atoms with E-state index in [1.54, 1.807) is 31.0 Å². The third-order valence-electron chi connectivity index (χ3n) is 9.40. The number of likely N-dealkylation sites (N-methyl/N-ethyl adjacent to an activating group) is 1. The van der Waals surface area contributed by atoms with Crippen LogP contribution in [0.15, 0.2) is 25.3 Å². The minimum absolute atomic E-state index is 0.0187. The monoisotopic (exact) mass is 501 g/mol. The molecule has 2 bridgehead atoms. The number of carbonyl (C=O) groups is 3. The summed E-state index contributed by atoms with van der Waals surface area (Å²) in [5.74, 6) is -2.07. The number of nitrogens with zero attached hydrogens (tertiary/aromatic N) is 3. The summed E-state index contributed by atoms with van der Waals surface area (Å²) in [6.45, 7) is 13.9. The van der Waals surface area contributed by atoms with Crippen LogP contribution in [-0.2, 0) is 19.1 Å². The van der Waals surface area contributed by atoms with E-state index >= 15 is 0 Å². The van der Waals surface area contributed by atoms with Gasteiger partial charge in [-0.3, -0.25) is 14.4 Å². The van der Waals surface area contributed by atoms with Gasteiger partial charge in [-0.2, -0.15) is 0 Å². The lowest BCUT2D eigenvalue weighted by molar-refractivity contribution is -0.158. The number of rotatable bonds is 9. The molecule has 7 atom stereocenters. The molecule has 4 rings (SSSR count). The van der Waals surface area contributed by atoms with Gasteiger partial charge in [0.15, 0.2) is 0 Å². The van der Waals surface area contributed by atoms with Gasteiger partial charge >= 0.3 is 0 Å². The Morgan fingerprint density at radius 2 is 1.83 bits per heavy atom. The van der Waals surface area contributed by atoms with E-state index in [1.165, 1.54) is 4.90 Å². The van der Waals surface area contributed by atoms with E-state index < -0.39 is 35.1 Å². The molecule has 1 spiro atoms. The first-order valence-corrected chi connectivity index (χ1v) is 13.5. The minimum Gasteiger partial charge on any atom is -0.394 e. The Labute approximate surface area is 215 Å². The predicted octanol–water partition coefficient (Wildman–Crippen LogP) is 2.37. The van der Waals surface area contributed by atoms with Crippen molar-refractivity contribution in [3.05, 3.63) is 25.3 Å². The summed E-state index contributed by atoms with van der Waals surface area (Å²) in [7, 11) is 1.71. The fraction of sp³-hybridized carbons (Fsp3) is 0.750. The average molecular weight is 502 g/mol. The van der Waals surface area contributed by atoms with Crippen LogP contribution in [0.2, 0.25) is 0 Å². The number of fused-ring (bicyclic) bond motifs is 1. The molecule has 1 N–H and O–H groups in total. The van der Waals surface area contributed by atoms with E-state index in [2.05, 4.69) is 13.2 Å². The molecule has 0 aromatic rings. The van der Waals surface area contributed by atoms with Gasteiger partial charge in [0.1, 0.15) is 11.6 Å². The van der Waals surface area contributed by atoms with Crippen LogP contribution in [0, 0.1) is 17.8 Å². The third kappa shape index (κ3) is 3.83. The first-order valence-electron chi connectivity index (χ1n) is 13.5. The van der Waals surface area contributed by atoms with Crippen LogP contribution in [-0.4, -0.2) is 93.6 Å². The quantitative estimate of drug-likeness (QED) is 0.490. The van der Waals surface area contributed by atoms with Gasteiger partial charge in [0.05, 0.1) is 30.1 Å². The van der Waals surface area contributed by atoms with Gasteiger partial charge in [-0.1, -0.05) is 38.3 Å². The summed E-state index contributed by atoms with van der Waals surface area (Å²) in [6, 6.07) is -1.37. The molecule has 3 unspecified atom stereocenters. The number of carbonyl (C=O) groups excluding carboxylic acids is 3. The third-order valence-corrected chi connectivity index (χ3v) is 9.40. The van der Waals surface area contributed by atoms with Crippen LogP contribution in [0.3, 0.4) is 0 Å². The number of aliphatic hydroxyl groups is 1. The van der Waals surface area contributed by atoms with Crippen molar-refractivity contribution in [2.75, 3.05) is 26.7 Å². The number of hydrogen-bond acceptors (Lipinski definition) is 5. The van der Waals surface area contributed by atoms with Gasteiger partial charge in [-0.15, -0.1) is 13.2 Å². The van der Waals surface area contributed by atoms with Crippen molar-refractivity contribution in [1.29, 1.82) is 0 Å². The fourth-order valence-electron chi connectivity index (χ4n) is 7.52. The topological polar surface area (TPSA) is 90.4 Å². The number of hydrogen-bond donors (Lipinski definition) is 1. The second-order valence-corrected chi connectivity index (χ2v) is 11.6. The molecule has 8 nitrogen and oxygen atoms in total. The number of likely N-dealkylation sites (tertiary alicyclic amines) is 1. The molecule has 0 aromatic heterocycles. The highest BCUT2D eigenvalue weighted by molar-refractivity contribution is 5.99. The molecule has 0 aromatic carbocycles. The van der Waals surface area contributed by atoms with Crippen LogP contribution in [0.1, 0.15) is 59.3 Å². The molecule has 3 saturated heterocycles. The summed E-state index contributed by atoms with van der Waals surface area (Å²) >= 11 is 0. The highest BCUT2D eigenvalue weighted by Gasteiger charge is 2.80. The van der Waals surface area contributed by atoms with Crippen molar-refractivity contribution in [2.45, 2.75) is 88.6 Å². The van der Waals surface area contributed by atoms with E-state index in [4.69, 9.17) is 4.74 Å². The van der Waals surface area contributed by atoms with Gasteiger partial charge in [0, 0.05) is 26.2 Å². The second-order valence-electron chi connectivity index (χ2n) is 11.6. The molecule has 0 radical (unpaired) electrons. The molecule has 4 aliphatic rings. The van der Waals surface area contributed by atoms with Crippen molar-refractivity contribution in [3.63, 3.8) is 0 Å². The van der Waals surface area contributed by atoms with Crippen molar-refractivity contribution < 1.29 is 24.2 Å². The van der Waals surface area contributed by atoms with Gasteiger partial charge in [-0.05, 0) is 39.0 Å². The van der Waals surface area contributed by atoms with Gasteiger partial charge in [-0.25, -0.2) is 0 Å². The number of ether oxygens (including phenoxy) is 1. The van der Waals surface area contributed by atoms with E-state index in [-0.39, 0.29) is 36.3 Å². The summed E-state index contributed by atoms with van der Waals surface area (Å²) < 4.78 is 6.80. The van der Waals surface area contributed by atoms with Crippen LogP contribution >= 0.6 is 0 Å². The van der Waals surface area contributed by atoms with E-state index in [1.807, 2.05) is 18.7 Å². The van der Waals surface area contributed by atoms with Crippen molar-refractivity contribution in [2.24, 2.45) is 17.8 Å². The second kappa shape index (κ2) is 9.93. The van der Waals surface area contributed by atoms with E-state index in [0.717, 1.165) is 32.1 Å². The zero-order chi connectivity index (χ0) is 26.4. The van der Waals surface area contributed by atoms with Crippen LogP contribution in [0.5, 0.6) is 0 Å². The summed E-state index contributed by atoms with van der Waals surface area (Å²) in [4.78, 5) is 47.4. The smallest absolute Gasteiger partial charge is 0.248 e. The average Bonchev–Trinajstić information content (AvgIpc) is 3.38. The molecule has 3 aliphatic heterocycles. The maximum atomic E-state index is 14.5. The zero-order valence-corrected chi connectivity index (χ0v) is 22.3. The Morgan fingerprint density at radius 1 is 1.19 bits per heavy atom. The first kappa shape index (κ1) is 26.9. The van der Waals surface area contributed by atoms with Crippen molar-refractivity contribution in [3.8, 4) is 0 Å². The minimum atomic E-state index is -1.10. The molecule has 1 saturated carbocycles. The molecule has 1 aliphatic carbocycles. The Bertz CT molecular complexity index is 917. The fourth-order valence-corrected chi connectivity index (χ4v) is 7.52. The Hall–Kier alpha value is -2.19. The maximum absolute atomic E-state index is 14.5. The zero-order valence-electron chi connectivity index (χ0n) is 22.3. The molecular weight excluding hydrogens is 458 g/mol. The van der Waals surface area contributed by atoms with E-state index in [9.17, 15) is 19.5 Å². The van der Waals surface area contributed by atoms with Gasteiger partial charge in [0.25, 0.3) is 0 Å². The lowest BCUT2D eigenvalue weighted by Crippen LogP contribution is -2.60. The molecule has 4 fully saturated rings. The molecule has 3 heterocycles. The molecule has 200 valence electrons. The van der Waals surface area contributed by atoms with E-state index in [0.29, 0.717) is 19.5 Å². The maximum Gasteiger partial charge on any atom is 0.248 e. The Kier molecular flexibility index (Phi) is 7.41. The first-order chi connectivity index (χ1) is 17.1. The summed E-state index contributed by atoms with van der Waals surface area (Å²) in [5, 5.41) is 10.1. The lowest BCUT2D eigenvalue weighted by Gasteiger charge is -2.42. The standard InChI is InChI=1S/C28H43N3O5/c1-7-14-29(6)24(33)21-22-25(34)31(19(4)17-32)23(28(22)16-18(3)27(21,5)36-28)26(35)30(15-8-2)20-12-10-9-11-13-20/h7-8,18-23,32H,1-2,9-17H2,3-6H3/t18?,19-,21+,22+,23?,27-,28?/m1/s1. The highest BCUT2D eigenvalue weighted by Crippen LogP contribution is 2.65. The molecule has 8 heteroatoms. The summed E-state index contributed by atoms with van der Waals surface area (Å²) in [5.41, 5.74) is -1.96. The molecular formula is C28H43N3O5. The van der Waals surface area contributed by atoms with Crippen molar-refractivity contribution in [1.82, 2.24) is 14.7 Å². The largest absolute Gasteiger partial charge is 0.394 e. The van der Waals surface area contributed by atoms with Crippen LogP contribution < -0.4 is 0 Å². The summed E-state index contributed by atoms with van der Waals surface area (Å²) in [6.07, 6.45) is 9.07. The highest BCUT2D eigenvalue weighted by atomic mass is 16.5. The Morgan fingerprint density at radius 3 is 2.42 bits per heavy atom. The van der Waals surface area contributed by atoms with Crippen molar-refractivity contribution >= 4 is 17.7 Å². The predicted molar refractivity (Wildman–Crippen MR) is 137 cm³/mol. The number of amides is 3. The Balaban J connectivity index is 1.81. The lowest BCUT2D eigenvalue weighted by atomic mass is 9.62. The van der Waals surface area contributed by atoms with Crippen LogP contribution in [0.25, 0.3) is 0 Å². The van der Waals surface area contributed by atoms with Crippen LogP contribution in [0.4, 0.5) is 0 Å². The SMILES string of the molecule is C=CCN(C)C(=O)[C@@H]1[C@H]2C(=O)N([C@H](C)CO)C(C(=O)N(CC=C)C3CCCCC3)C23CC(C)[C@@]1(C)O3. The molecule has 36 heavy (non-hydrogen) atoms. The normalized spacial score (nSPS) is 36.5. The van der Waals surface area contributed by atoms with Gasteiger partial charge < -0.3 is 24.5 Å². The number of aliphatic hydroxyl groups excluding tert-OH is 1. The molecule has 3 amide bonds. The van der Waals surface area contributed by atoms with Gasteiger partial charge in [0.2, 0.25) is 17.7 Å².